The number of carbonyl (C=O) groups is 1. The Kier molecular flexibility index (Phi) is 5.97. The van der Waals surface area contributed by atoms with Crippen LogP contribution in [0.2, 0.25) is 5.02 Å². The number of hydrogen-bond acceptors (Lipinski definition) is 7. The number of nitrogens with zero attached hydrogens (tertiary/aromatic N) is 4. The average Bonchev–Trinajstić information content (AvgIpc) is 3.44. The van der Waals surface area contributed by atoms with Crippen LogP contribution in [-0.4, -0.2) is 31.4 Å². The number of urea groups is 1. The second-order valence-corrected chi connectivity index (χ2v) is 8.39. The number of carbonyl (C=O) groups excluding carboxylic acids is 1. The maximum Gasteiger partial charge on any atom is 0.326 e. The van der Waals surface area contributed by atoms with Crippen LogP contribution in [0.1, 0.15) is 26.5 Å². The van der Waals surface area contributed by atoms with Gasteiger partial charge in [-0.1, -0.05) is 37.5 Å². The molecule has 170 valence electrons. The first-order valence-corrected chi connectivity index (χ1v) is 10.1. The van der Waals surface area contributed by atoms with E-state index in [1.54, 1.807) is 24.5 Å². The highest BCUT2D eigenvalue weighted by Crippen LogP contribution is 2.33. The highest BCUT2D eigenvalue weighted by molar-refractivity contribution is 6.32. The van der Waals surface area contributed by atoms with E-state index in [2.05, 4.69) is 36.0 Å². The molecule has 33 heavy (non-hydrogen) atoms. The van der Waals surface area contributed by atoms with Crippen LogP contribution in [0.15, 0.2) is 47.4 Å². The summed E-state index contributed by atoms with van der Waals surface area (Å²) in [5, 5.41) is 15.3. The molecule has 3 N–H and O–H groups in total. The lowest BCUT2D eigenvalue weighted by molar-refractivity contribution is 0.261. The first kappa shape index (κ1) is 22.2. The van der Waals surface area contributed by atoms with Gasteiger partial charge in [-0.25, -0.2) is 14.2 Å². The molecule has 0 aliphatic heterocycles. The number of amides is 2. The zero-order valence-electron chi connectivity index (χ0n) is 17.8. The molecule has 0 atom stereocenters. The van der Waals surface area contributed by atoms with Crippen LogP contribution in [0.25, 0.3) is 11.3 Å². The molecule has 0 aliphatic rings. The molecule has 0 aliphatic carbocycles. The van der Waals surface area contributed by atoms with Crippen LogP contribution < -0.4 is 15.4 Å². The van der Waals surface area contributed by atoms with E-state index < -0.39 is 11.8 Å². The van der Waals surface area contributed by atoms with E-state index in [9.17, 15) is 9.18 Å². The number of aromatic amines is 1. The smallest absolute Gasteiger partial charge is 0.326 e. The van der Waals surface area contributed by atoms with Gasteiger partial charge in [0.1, 0.15) is 5.82 Å². The topological polar surface area (TPSA) is 131 Å². The molecular weight excluding hydrogens is 453 g/mol. The third kappa shape index (κ3) is 5.26. The lowest BCUT2D eigenvalue weighted by atomic mass is 9.92. The summed E-state index contributed by atoms with van der Waals surface area (Å²) in [6.07, 6.45) is 4.76. The van der Waals surface area contributed by atoms with Gasteiger partial charge in [0.05, 0.1) is 28.3 Å². The summed E-state index contributed by atoms with van der Waals surface area (Å²) in [6.45, 7) is 5.86. The molecule has 0 saturated carbocycles. The largest absolute Gasteiger partial charge is 0.423 e. The highest BCUT2D eigenvalue weighted by atomic mass is 35.5. The van der Waals surface area contributed by atoms with Gasteiger partial charge in [0.2, 0.25) is 5.88 Å². The van der Waals surface area contributed by atoms with Crippen LogP contribution in [-0.2, 0) is 5.41 Å². The summed E-state index contributed by atoms with van der Waals surface area (Å²) in [4.78, 5) is 20.7. The van der Waals surface area contributed by atoms with Crippen molar-refractivity contribution in [3.8, 4) is 23.0 Å². The molecule has 0 fully saturated rings. The monoisotopic (exact) mass is 471 g/mol. The zero-order valence-corrected chi connectivity index (χ0v) is 18.6. The maximum absolute atomic E-state index is 14.4. The van der Waals surface area contributed by atoms with E-state index in [4.69, 9.17) is 20.9 Å². The molecule has 0 spiro atoms. The van der Waals surface area contributed by atoms with Gasteiger partial charge in [-0.05, 0) is 12.1 Å². The van der Waals surface area contributed by atoms with Crippen molar-refractivity contribution in [2.75, 3.05) is 10.6 Å². The normalized spacial score (nSPS) is 11.3. The zero-order chi connectivity index (χ0) is 23.6. The fourth-order valence-corrected chi connectivity index (χ4v) is 2.89. The molecule has 0 unspecified atom stereocenters. The minimum atomic E-state index is -0.761. The molecule has 4 rings (SSSR count). The van der Waals surface area contributed by atoms with Gasteiger partial charge in [0, 0.05) is 35.5 Å². The van der Waals surface area contributed by atoms with Crippen LogP contribution in [0, 0.1) is 5.82 Å². The number of ether oxygens (including phenoxy) is 1. The highest BCUT2D eigenvalue weighted by Gasteiger charge is 2.20. The van der Waals surface area contributed by atoms with Crippen molar-refractivity contribution in [3.63, 3.8) is 0 Å². The lowest BCUT2D eigenvalue weighted by Gasteiger charge is -2.12. The van der Waals surface area contributed by atoms with Crippen molar-refractivity contribution in [1.29, 1.82) is 0 Å². The molecule has 3 heterocycles. The van der Waals surface area contributed by atoms with Crippen LogP contribution in [0.3, 0.4) is 0 Å². The fourth-order valence-electron chi connectivity index (χ4n) is 2.70. The van der Waals surface area contributed by atoms with Crippen molar-refractivity contribution in [2.45, 2.75) is 26.2 Å². The Balaban J connectivity index is 1.50. The number of hydrogen-bond donors (Lipinski definition) is 3. The predicted molar refractivity (Wildman–Crippen MR) is 119 cm³/mol. The quantitative estimate of drug-likeness (QED) is 0.356. The van der Waals surface area contributed by atoms with E-state index in [1.165, 1.54) is 12.3 Å². The third-order valence-corrected chi connectivity index (χ3v) is 4.71. The maximum atomic E-state index is 14.4. The third-order valence-electron chi connectivity index (χ3n) is 4.41. The molecule has 0 radical (unpaired) electrons. The summed E-state index contributed by atoms with van der Waals surface area (Å²) in [6, 6.07) is 4.75. The Labute approximate surface area is 192 Å². The number of benzene rings is 1. The predicted octanol–water partition coefficient (Wildman–Crippen LogP) is 5.38. The van der Waals surface area contributed by atoms with Gasteiger partial charge >= 0.3 is 12.0 Å². The molecular formula is C21H19ClFN7O3. The molecule has 0 saturated heterocycles. The molecule has 2 amide bonds. The van der Waals surface area contributed by atoms with E-state index >= 15 is 0 Å². The Morgan fingerprint density at radius 3 is 2.76 bits per heavy atom. The van der Waals surface area contributed by atoms with Gasteiger partial charge < -0.3 is 14.6 Å². The van der Waals surface area contributed by atoms with E-state index in [1.807, 2.05) is 20.8 Å². The number of halogens is 2. The minimum Gasteiger partial charge on any atom is -0.423 e. The number of anilines is 2. The molecule has 10 nitrogen and oxygen atoms in total. The number of H-pyrrole nitrogens is 1. The minimum absolute atomic E-state index is 0.0195. The van der Waals surface area contributed by atoms with E-state index in [-0.39, 0.29) is 33.8 Å². The number of rotatable bonds is 5. The van der Waals surface area contributed by atoms with Crippen molar-refractivity contribution in [2.24, 2.45) is 0 Å². The SMILES string of the molecule is CC(C)(C)c1cc(NC(=O)Nc2cc(Oc3nccc(-c4cn[nH]c4)n3)c(Cl)cc2F)on1. The van der Waals surface area contributed by atoms with Crippen LogP contribution in [0.4, 0.5) is 20.8 Å². The second kappa shape index (κ2) is 8.87. The van der Waals surface area contributed by atoms with Gasteiger partial charge in [0.25, 0.3) is 0 Å². The summed E-state index contributed by atoms with van der Waals surface area (Å²) in [5.74, 6) is -0.594. The Bertz CT molecular complexity index is 1290. The summed E-state index contributed by atoms with van der Waals surface area (Å²) in [7, 11) is 0. The van der Waals surface area contributed by atoms with Crippen molar-refractivity contribution < 1.29 is 18.4 Å². The second-order valence-electron chi connectivity index (χ2n) is 7.98. The van der Waals surface area contributed by atoms with E-state index in [0.717, 1.165) is 11.6 Å². The molecule has 1 aromatic carbocycles. The van der Waals surface area contributed by atoms with Crippen molar-refractivity contribution >= 4 is 29.2 Å². The lowest BCUT2D eigenvalue weighted by Crippen LogP contribution is -2.20. The average molecular weight is 472 g/mol. The summed E-state index contributed by atoms with van der Waals surface area (Å²) >= 11 is 6.12. The molecule has 12 heteroatoms. The van der Waals surface area contributed by atoms with Gasteiger partial charge in [-0.15, -0.1) is 0 Å². The summed E-state index contributed by atoms with van der Waals surface area (Å²) in [5.41, 5.74) is 1.52. The van der Waals surface area contributed by atoms with Gasteiger partial charge in [-0.3, -0.25) is 10.4 Å². The van der Waals surface area contributed by atoms with E-state index in [0.29, 0.717) is 11.4 Å². The Morgan fingerprint density at radius 1 is 1.24 bits per heavy atom. The van der Waals surface area contributed by atoms with Crippen LogP contribution >= 0.6 is 11.6 Å². The first-order valence-electron chi connectivity index (χ1n) is 9.73. The molecule has 4 aromatic rings. The molecule has 3 aromatic heterocycles. The standard InChI is InChI=1S/C21H19ClFN7O3/c1-21(2,3)17-8-18(33-30-17)29-19(31)27-15-7-16(12(22)6-13(15)23)32-20-24-5-4-14(28-20)11-9-25-26-10-11/h4-10H,1-3H3,(H,25,26)(H2,27,29,31). The number of nitrogens with one attached hydrogen (secondary N) is 3. The summed E-state index contributed by atoms with van der Waals surface area (Å²) < 4.78 is 25.2. The van der Waals surface area contributed by atoms with Crippen molar-refractivity contribution in [1.82, 2.24) is 25.3 Å². The first-order chi connectivity index (χ1) is 15.7. The van der Waals surface area contributed by atoms with Crippen molar-refractivity contribution in [3.05, 3.63) is 59.4 Å². The Hall–Kier alpha value is -3.99. The van der Waals surface area contributed by atoms with Crippen LogP contribution in [0.5, 0.6) is 11.8 Å². The van der Waals surface area contributed by atoms with Gasteiger partial charge in [0.15, 0.2) is 5.75 Å². The number of aromatic nitrogens is 5. The van der Waals surface area contributed by atoms with Gasteiger partial charge in [-0.2, -0.15) is 10.1 Å². The molecule has 0 bridgehead atoms. The fraction of sp³-hybridized carbons (Fsp3) is 0.190. The Morgan fingerprint density at radius 2 is 2.06 bits per heavy atom.